The summed E-state index contributed by atoms with van der Waals surface area (Å²) in [5.41, 5.74) is 0.834. The average molecular weight is 290 g/mol. The van der Waals surface area contributed by atoms with Crippen LogP contribution in [0.2, 0.25) is 0 Å². The van der Waals surface area contributed by atoms with Crippen LogP contribution in [-0.4, -0.2) is 25.3 Å². The fourth-order valence-corrected chi connectivity index (χ4v) is 3.26. The van der Waals surface area contributed by atoms with Crippen LogP contribution in [0.15, 0.2) is 28.0 Å². The molecule has 0 spiro atoms. The maximum atomic E-state index is 12.2. The van der Waals surface area contributed by atoms with Gasteiger partial charge >= 0.3 is 0 Å². The third-order valence-electron chi connectivity index (χ3n) is 3.18. The second-order valence-corrected chi connectivity index (χ2v) is 5.32. The number of thiazole rings is 1. The number of methoxy groups -OCH3 is 2. The molecule has 0 bridgehead atoms. The first-order chi connectivity index (χ1) is 9.74. The number of nitrogens with zero attached hydrogens (tertiary/aromatic N) is 2. The Balaban J connectivity index is 2.21. The lowest BCUT2D eigenvalue weighted by atomic mass is 10.2. The molecule has 3 rings (SSSR count). The van der Waals surface area contributed by atoms with Gasteiger partial charge < -0.3 is 9.47 Å². The van der Waals surface area contributed by atoms with E-state index in [9.17, 15) is 4.79 Å². The molecule has 20 heavy (non-hydrogen) atoms. The molecular formula is C14H14N2O3S. The molecule has 0 aliphatic carbocycles. The Hall–Kier alpha value is -2.08. The summed E-state index contributed by atoms with van der Waals surface area (Å²) in [5, 5.41) is 0. The molecule has 2 aromatic rings. The van der Waals surface area contributed by atoms with Crippen LogP contribution in [0.1, 0.15) is 5.56 Å². The first kappa shape index (κ1) is 12.9. The minimum Gasteiger partial charge on any atom is -0.493 e. The van der Waals surface area contributed by atoms with Gasteiger partial charge in [0.15, 0.2) is 16.3 Å². The first-order valence-electron chi connectivity index (χ1n) is 6.21. The highest BCUT2D eigenvalue weighted by atomic mass is 32.1. The van der Waals surface area contributed by atoms with Crippen LogP contribution in [0.5, 0.6) is 11.5 Å². The number of ether oxygens (including phenoxy) is 2. The summed E-state index contributed by atoms with van der Waals surface area (Å²) in [6.07, 6.45) is 1.83. The predicted molar refractivity (Wildman–Crippen MR) is 77.3 cm³/mol. The van der Waals surface area contributed by atoms with Gasteiger partial charge in [0, 0.05) is 12.1 Å². The summed E-state index contributed by atoms with van der Waals surface area (Å²) in [7, 11) is 3.18. The van der Waals surface area contributed by atoms with E-state index in [1.807, 2.05) is 24.3 Å². The summed E-state index contributed by atoms with van der Waals surface area (Å²) >= 11 is 1.41. The van der Waals surface area contributed by atoms with Crippen LogP contribution in [0.3, 0.4) is 0 Å². The molecule has 0 unspecified atom stereocenters. The number of benzene rings is 1. The number of rotatable bonds is 3. The minimum atomic E-state index is 0.0103. The van der Waals surface area contributed by atoms with Gasteiger partial charge in [0.1, 0.15) is 0 Å². The van der Waals surface area contributed by atoms with Crippen LogP contribution >= 0.6 is 11.3 Å². The third kappa shape index (κ3) is 2.02. The van der Waals surface area contributed by atoms with E-state index in [1.54, 1.807) is 18.8 Å². The highest BCUT2D eigenvalue weighted by molar-refractivity contribution is 7.07. The van der Waals surface area contributed by atoms with E-state index in [-0.39, 0.29) is 5.56 Å². The molecule has 0 amide bonds. The Labute approximate surface area is 119 Å². The van der Waals surface area contributed by atoms with E-state index in [2.05, 4.69) is 4.99 Å². The van der Waals surface area contributed by atoms with Crippen molar-refractivity contribution in [3.63, 3.8) is 0 Å². The van der Waals surface area contributed by atoms with Crippen molar-refractivity contribution in [2.75, 3.05) is 20.8 Å². The molecule has 0 atom stereocenters. The number of para-hydroxylation sites is 1. The van der Waals surface area contributed by atoms with Gasteiger partial charge in [-0.2, -0.15) is 0 Å². The van der Waals surface area contributed by atoms with Gasteiger partial charge in [0.05, 0.1) is 25.3 Å². The van der Waals surface area contributed by atoms with E-state index in [4.69, 9.17) is 9.47 Å². The van der Waals surface area contributed by atoms with Crippen LogP contribution in [0.25, 0.3) is 6.08 Å². The highest BCUT2D eigenvalue weighted by Crippen LogP contribution is 2.30. The van der Waals surface area contributed by atoms with Crippen LogP contribution in [0.4, 0.5) is 0 Å². The second-order valence-electron chi connectivity index (χ2n) is 4.31. The summed E-state index contributed by atoms with van der Waals surface area (Å²) in [6, 6.07) is 5.59. The predicted octanol–water partition coefficient (Wildman–Crippen LogP) is 0.389. The van der Waals surface area contributed by atoms with Gasteiger partial charge in [0.2, 0.25) is 0 Å². The lowest BCUT2D eigenvalue weighted by Gasteiger charge is -2.09. The van der Waals surface area contributed by atoms with Crippen molar-refractivity contribution in [3.05, 3.63) is 43.5 Å². The SMILES string of the molecule is COc1cccc(C=c2sc3n(c2=O)CCN=3)c1OC. The summed E-state index contributed by atoms with van der Waals surface area (Å²) in [5.74, 6) is 1.28. The zero-order chi connectivity index (χ0) is 14.1. The zero-order valence-corrected chi connectivity index (χ0v) is 12.1. The molecule has 1 aliphatic rings. The number of aromatic nitrogens is 1. The molecule has 2 heterocycles. The summed E-state index contributed by atoms with van der Waals surface area (Å²) < 4.78 is 13.0. The molecular weight excluding hydrogens is 276 g/mol. The van der Waals surface area contributed by atoms with Crippen LogP contribution < -0.4 is 24.4 Å². The maximum absolute atomic E-state index is 12.2. The quantitative estimate of drug-likeness (QED) is 0.821. The fourth-order valence-electron chi connectivity index (χ4n) is 2.24. The largest absolute Gasteiger partial charge is 0.493 e. The average Bonchev–Trinajstić information content (AvgIpc) is 3.03. The summed E-state index contributed by atoms with van der Waals surface area (Å²) in [6.45, 7) is 1.37. The molecule has 104 valence electrons. The van der Waals surface area contributed by atoms with Gasteiger partial charge in [-0.25, -0.2) is 0 Å². The molecule has 0 radical (unpaired) electrons. The van der Waals surface area contributed by atoms with Crippen molar-refractivity contribution in [2.24, 2.45) is 4.99 Å². The third-order valence-corrected chi connectivity index (χ3v) is 4.22. The van der Waals surface area contributed by atoms with E-state index in [0.717, 1.165) is 10.4 Å². The van der Waals surface area contributed by atoms with Crippen molar-refractivity contribution in [1.82, 2.24) is 4.57 Å². The van der Waals surface area contributed by atoms with Crippen molar-refractivity contribution in [1.29, 1.82) is 0 Å². The topological polar surface area (TPSA) is 52.8 Å². The molecule has 6 heteroatoms. The number of hydrogen-bond acceptors (Lipinski definition) is 5. The molecule has 0 fully saturated rings. The number of hydrogen-bond donors (Lipinski definition) is 0. The molecule has 1 aromatic heterocycles. The van der Waals surface area contributed by atoms with E-state index < -0.39 is 0 Å². The molecule has 5 nitrogen and oxygen atoms in total. The smallest absolute Gasteiger partial charge is 0.270 e. The Morgan fingerprint density at radius 2 is 2.20 bits per heavy atom. The van der Waals surface area contributed by atoms with Gasteiger partial charge in [-0.3, -0.25) is 14.4 Å². The number of fused-ring (bicyclic) bond motifs is 1. The molecule has 0 N–H and O–H groups in total. The highest BCUT2D eigenvalue weighted by Gasteiger charge is 2.11. The fraction of sp³-hybridized carbons (Fsp3) is 0.286. The van der Waals surface area contributed by atoms with Crippen molar-refractivity contribution in [3.8, 4) is 11.5 Å². The summed E-state index contributed by atoms with van der Waals surface area (Å²) in [4.78, 5) is 17.3. The van der Waals surface area contributed by atoms with Gasteiger partial charge in [-0.15, -0.1) is 0 Å². The maximum Gasteiger partial charge on any atom is 0.270 e. The molecule has 0 saturated carbocycles. The lowest BCUT2D eigenvalue weighted by molar-refractivity contribution is 0.354. The minimum absolute atomic E-state index is 0.0103. The van der Waals surface area contributed by atoms with E-state index in [1.165, 1.54) is 11.3 Å². The monoisotopic (exact) mass is 290 g/mol. The lowest BCUT2D eigenvalue weighted by Crippen LogP contribution is -2.29. The van der Waals surface area contributed by atoms with Gasteiger partial charge in [0.25, 0.3) is 5.56 Å². The second kappa shape index (κ2) is 5.13. The standard InChI is InChI=1S/C14H14N2O3S/c1-18-10-5-3-4-9(12(10)19-2)8-11-13(17)16-7-6-15-14(16)20-11/h3-5,8H,6-7H2,1-2H3. The van der Waals surface area contributed by atoms with Crippen LogP contribution in [-0.2, 0) is 6.54 Å². The zero-order valence-electron chi connectivity index (χ0n) is 11.3. The van der Waals surface area contributed by atoms with Gasteiger partial charge in [-0.05, 0) is 12.1 Å². The first-order valence-corrected chi connectivity index (χ1v) is 7.03. The molecule has 0 saturated heterocycles. The Morgan fingerprint density at radius 3 is 2.90 bits per heavy atom. The van der Waals surface area contributed by atoms with Crippen molar-refractivity contribution >= 4 is 17.4 Å². The van der Waals surface area contributed by atoms with Crippen LogP contribution in [0, 0.1) is 0 Å². The Bertz CT molecular complexity index is 820. The van der Waals surface area contributed by atoms with Crippen molar-refractivity contribution in [2.45, 2.75) is 6.54 Å². The molecule has 1 aliphatic heterocycles. The molecule has 1 aromatic carbocycles. The van der Waals surface area contributed by atoms with Gasteiger partial charge in [-0.1, -0.05) is 23.5 Å². The van der Waals surface area contributed by atoms with Crippen molar-refractivity contribution < 1.29 is 9.47 Å². The normalized spacial score (nSPS) is 14.0. The Morgan fingerprint density at radius 1 is 1.35 bits per heavy atom. The van der Waals surface area contributed by atoms with E-state index in [0.29, 0.717) is 29.1 Å². The Kier molecular flexibility index (Phi) is 3.31. The van der Waals surface area contributed by atoms with E-state index >= 15 is 0 Å².